The van der Waals surface area contributed by atoms with Crippen molar-refractivity contribution in [2.45, 2.75) is 20.0 Å². The molecule has 5 nitrogen and oxygen atoms in total. The molecule has 5 heteroatoms. The summed E-state index contributed by atoms with van der Waals surface area (Å²) in [4.78, 5) is 11.8. The van der Waals surface area contributed by atoms with Gasteiger partial charge in [0.05, 0.1) is 25.9 Å². The molecule has 0 aliphatic rings. The number of para-hydroxylation sites is 1. The van der Waals surface area contributed by atoms with Gasteiger partial charge in [-0.1, -0.05) is 24.3 Å². The first kappa shape index (κ1) is 18.4. The summed E-state index contributed by atoms with van der Waals surface area (Å²) in [5.41, 5.74) is 1.36. The van der Waals surface area contributed by atoms with E-state index in [9.17, 15) is 9.90 Å². The van der Waals surface area contributed by atoms with E-state index in [4.69, 9.17) is 14.2 Å². The van der Waals surface area contributed by atoms with Crippen molar-refractivity contribution in [3.05, 3.63) is 53.6 Å². The van der Waals surface area contributed by atoms with Crippen molar-refractivity contribution in [1.82, 2.24) is 0 Å². The van der Waals surface area contributed by atoms with Crippen molar-refractivity contribution >= 4 is 17.6 Å². The fourth-order valence-corrected chi connectivity index (χ4v) is 2.39. The zero-order chi connectivity index (χ0) is 18.4. The Morgan fingerprint density at radius 2 is 1.68 bits per heavy atom. The highest BCUT2D eigenvalue weighted by molar-refractivity contribution is 6.21. The average molecular weight is 342 g/mol. The third-order valence-electron chi connectivity index (χ3n) is 3.51. The number of benzene rings is 2. The highest BCUT2D eigenvalue weighted by atomic mass is 16.5. The molecule has 0 spiro atoms. The highest BCUT2D eigenvalue weighted by Crippen LogP contribution is 2.32. The first-order valence-electron chi connectivity index (χ1n) is 7.89. The zero-order valence-corrected chi connectivity index (χ0v) is 14.8. The second-order valence-corrected chi connectivity index (χ2v) is 5.64. The van der Waals surface area contributed by atoms with Crippen LogP contribution >= 0.6 is 0 Å². The topological polar surface area (TPSA) is 65.0 Å². The van der Waals surface area contributed by atoms with Crippen LogP contribution in [0.4, 0.5) is 0 Å². The summed E-state index contributed by atoms with van der Waals surface area (Å²) in [5, 5.41) is 9.67. The standard InChI is InChI=1S/C20H22O5/c1-13(2)25-17-8-6-5-7-15(17)11-16(20(21)22)14-9-10-18(23-3)19(12-14)24-4/h5-13H,1-4H3,(H,21,22)/b16-11-. The molecule has 0 saturated carbocycles. The van der Waals surface area contributed by atoms with Gasteiger partial charge in [0.25, 0.3) is 0 Å². The van der Waals surface area contributed by atoms with Crippen molar-refractivity contribution in [3.8, 4) is 17.2 Å². The molecule has 0 saturated heterocycles. The minimum Gasteiger partial charge on any atom is -0.493 e. The Morgan fingerprint density at radius 1 is 1.00 bits per heavy atom. The molecule has 25 heavy (non-hydrogen) atoms. The molecule has 0 aliphatic carbocycles. The Kier molecular flexibility index (Phi) is 6.06. The van der Waals surface area contributed by atoms with Gasteiger partial charge in [-0.05, 0) is 43.7 Å². The van der Waals surface area contributed by atoms with Gasteiger partial charge in [-0.25, -0.2) is 4.79 Å². The van der Waals surface area contributed by atoms with Gasteiger partial charge in [-0.2, -0.15) is 0 Å². The summed E-state index contributed by atoms with van der Waals surface area (Å²) in [6.45, 7) is 3.85. The number of rotatable bonds is 7. The van der Waals surface area contributed by atoms with Crippen LogP contribution in [0.1, 0.15) is 25.0 Å². The average Bonchev–Trinajstić information content (AvgIpc) is 2.59. The molecule has 0 heterocycles. The summed E-state index contributed by atoms with van der Waals surface area (Å²) in [5.74, 6) is 0.613. The van der Waals surface area contributed by atoms with Crippen LogP contribution < -0.4 is 14.2 Å². The van der Waals surface area contributed by atoms with Gasteiger partial charge in [-0.3, -0.25) is 0 Å². The maximum Gasteiger partial charge on any atom is 0.336 e. The number of methoxy groups -OCH3 is 2. The Balaban J connectivity index is 2.53. The molecule has 0 bridgehead atoms. The third-order valence-corrected chi connectivity index (χ3v) is 3.51. The summed E-state index contributed by atoms with van der Waals surface area (Å²) in [7, 11) is 3.04. The Bertz CT molecular complexity index is 777. The predicted octanol–water partition coefficient (Wildman–Crippen LogP) is 4.12. The molecular formula is C20H22O5. The highest BCUT2D eigenvalue weighted by Gasteiger charge is 2.15. The SMILES string of the molecule is COc1ccc(/C(=C/c2ccccc2OC(C)C)C(=O)O)cc1OC. The number of hydrogen-bond donors (Lipinski definition) is 1. The van der Waals surface area contributed by atoms with Crippen LogP contribution in [0.25, 0.3) is 11.6 Å². The van der Waals surface area contributed by atoms with Gasteiger partial charge in [0.1, 0.15) is 5.75 Å². The first-order chi connectivity index (χ1) is 12.0. The smallest absolute Gasteiger partial charge is 0.336 e. The molecule has 0 fully saturated rings. The summed E-state index contributed by atoms with van der Waals surface area (Å²) in [6.07, 6.45) is 1.59. The second-order valence-electron chi connectivity index (χ2n) is 5.64. The maximum atomic E-state index is 11.8. The lowest BCUT2D eigenvalue weighted by Gasteiger charge is -2.13. The largest absolute Gasteiger partial charge is 0.493 e. The van der Waals surface area contributed by atoms with Gasteiger partial charge in [0.15, 0.2) is 11.5 Å². The molecule has 1 N–H and O–H groups in total. The van der Waals surface area contributed by atoms with Gasteiger partial charge >= 0.3 is 5.97 Å². The number of hydrogen-bond acceptors (Lipinski definition) is 4. The van der Waals surface area contributed by atoms with E-state index in [1.165, 1.54) is 14.2 Å². The quantitative estimate of drug-likeness (QED) is 0.606. The van der Waals surface area contributed by atoms with Crippen LogP contribution in [0, 0.1) is 0 Å². The molecule has 0 atom stereocenters. The van der Waals surface area contributed by atoms with Gasteiger partial charge in [-0.15, -0.1) is 0 Å². The third kappa shape index (κ3) is 4.53. The lowest BCUT2D eigenvalue weighted by molar-refractivity contribution is -0.130. The van der Waals surface area contributed by atoms with Gasteiger partial charge in [0.2, 0.25) is 0 Å². The molecule has 0 aliphatic heterocycles. The van der Waals surface area contributed by atoms with Crippen LogP contribution in [0.5, 0.6) is 17.2 Å². The van der Waals surface area contributed by atoms with E-state index < -0.39 is 5.97 Å². The van der Waals surface area contributed by atoms with E-state index in [1.807, 2.05) is 38.1 Å². The van der Waals surface area contributed by atoms with E-state index >= 15 is 0 Å². The summed E-state index contributed by atoms with van der Waals surface area (Å²) >= 11 is 0. The van der Waals surface area contributed by atoms with Crippen molar-refractivity contribution in [2.24, 2.45) is 0 Å². The van der Waals surface area contributed by atoms with E-state index in [1.54, 1.807) is 24.3 Å². The van der Waals surface area contributed by atoms with E-state index in [0.29, 0.717) is 28.4 Å². The van der Waals surface area contributed by atoms with Crippen LogP contribution in [-0.2, 0) is 4.79 Å². The minimum atomic E-state index is -1.04. The van der Waals surface area contributed by atoms with Crippen LogP contribution in [-0.4, -0.2) is 31.4 Å². The molecule has 2 rings (SSSR count). The lowest BCUT2D eigenvalue weighted by Crippen LogP contribution is -2.07. The second kappa shape index (κ2) is 8.24. The molecule has 0 radical (unpaired) electrons. The first-order valence-corrected chi connectivity index (χ1v) is 7.89. The molecule has 2 aromatic rings. The normalized spacial score (nSPS) is 11.3. The number of aliphatic carboxylic acids is 1. The molecule has 0 unspecified atom stereocenters. The van der Waals surface area contributed by atoms with Crippen LogP contribution in [0.15, 0.2) is 42.5 Å². The monoisotopic (exact) mass is 342 g/mol. The summed E-state index contributed by atoms with van der Waals surface area (Å²) < 4.78 is 16.2. The predicted molar refractivity (Wildman–Crippen MR) is 97.3 cm³/mol. The number of carboxylic acids is 1. The maximum absolute atomic E-state index is 11.8. The van der Waals surface area contributed by atoms with Crippen molar-refractivity contribution < 1.29 is 24.1 Å². The van der Waals surface area contributed by atoms with Crippen molar-refractivity contribution in [1.29, 1.82) is 0 Å². The van der Waals surface area contributed by atoms with Gasteiger partial charge in [0, 0.05) is 5.56 Å². The molecule has 0 aromatic heterocycles. The fourth-order valence-electron chi connectivity index (χ4n) is 2.39. The van der Waals surface area contributed by atoms with Crippen molar-refractivity contribution in [3.63, 3.8) is 0 Å². The number of carboxylic acid groups (broad SMARTS) is 1. The molecule has 132 valence electrons. The van der Waals surface area contributed by atoms with E-state index in [2.05, 4.69) is 0 Å². The van der Waals surface area contributed by atoms with Gasteiger partial charge < -0.3 is 19.3 Å². The Hall–Kier alpha value is -2.95. The van der Waals surface area contributed by atoms with Crippen LogP contribution in [0.3, 0.4) is 0 Å². The Morgan fingerprint density at radius 3 is 2.28 bits per heavy atom. The van der Waals surface area contributed by atoms with Crippen LogP contribution in [0.2, 0.25) is 0 Å². The number of ether oxygens (including phenoxy) is 3. The van der Waals surface area contributed by atoms with E-state index in [-0.39, 0.29) is 11.7 Å². The fraction of sp³-hybridized carbons (Fsp3) is 0.250. The van der Waals surface area contributed by atoms with E-state index in [0.717, 1.165) is 0 Å². The lowest BCUT2D eigenvalue weighted by atomic mass is 10.0. The molecule has 0 amide bonds. The molecular weight excluding hydrogens is 320 g/mol. The zero-order valence-electron chi connectivity index (χ0n) is 14.8. The summed E-state index contributed by atoms with van der Waals surface area (Å²) in [6, 6.07) is 12.3. The number of carbonyl (C=O) groups is 1. The van der Waals surface area contributed by atoms with Crippen molar-refractivity contribution in [2.75, 3.05) is 14.2 Å². The minimum absolute atomic E-state index is 0.0103. The Labute approximate surface area is 147 Å². The molecule has 2 aromatic carbocycles.